The summed E-state index contributed by atoms with van der Waals surface area (Å²) in [5.74, 6) is -1.69. The van der Waals surface area contributed by atoms with Crippen LogP contribution in [0.25, 0.3) is 0 Å². The Hall–Kier alpha value is -2.91. The number of amides is 2. The lowest BCUT2D eigenvalue weighted by atomic mass is 9.77. The number of hydrogen-bond donors (Lipinski definition) is 1. The van der Waals surface area contributed by atoms with Gasteiger partial charge >= 0.3 is 5.97 Å². The Kier molecular flexibility index (Phi) is 5.62. The highest BCUT2D eigenvalue weighted by Crippen LogP contribution is 2.52. The maximum Gasteiger partial charge on any atom is 0.327 e. The summed E-state index contributed by atoms with van der Waals surface area (Å²) in [6, 6.07) is 8.43. The molecule has 2 saturated heterocycles. The van der Waals surface area contributed by atoms with E-state index >= 15 is 0 Å². The van der Waals surface area contributed by atoms with Crippen molar-refractivity contribution >= 4 is 34.8 Å². The zero-order valence-electron chi connectivity index (χ0n) is 18.5. The van der Waals surface area contributed by atoms with Crippen LogP contribution in [0.2, 0.25) is 0 Å². The van der Waals surface area contributed by atoms with Gasteiger partial charge in [0.25, 0.3) is 0 Å². The van der Waals surface area contributed by atoms with Gasteiger partial charge < -0.3 is 14.2 Å². The summed E-state index contributed by atoms with van der Waals surface area (Å²) in [7, 11) is 0. The quantitative estimate of drug-likeness (QED) is 0.512. The number of rotatable bonds is 6. The number of hydrogen-bond acceptors (Lipinski definition) is 8. The van der Waals surface area contributed by atoms with Crippen LogP contribution >= 0.6 is 11.3 Å². The van der Waals surface area contributed by atoms with Crippen LogP contribution in [0.1, 0.15) is 37.6 Å². The molecule has 2 aromatic rings. The number of ether oxygens (including phenoxy) is 3. The van der Waals surface area contributed by atoms with Crippen molar-refractivity contribution in [2.75, 3.05) is 24.7 Å². The van der Waals surface area contributed by atoms with E-state index in [1.54, 1.807) is 25.1 Å². The molecule has 8 nitrogen and oxygen atoms in total. The van der Waals surface area contributed by atoms with Crippen LogP contribution in [0.4, 0.5) is 5.69 Å². The van der Waals surface area contributed by atoms with Gasteiger partial charge in [0.2, 0.25) is 11.8 Å². The number of nitrogens with zero attached hydrogens (tertiary/aromatic N) is 1. The number of nitrogens with one attached hydrogen (secondary N) is 1. The van der Waals surface area contributed by atoms with Gasteiger partial charge in [-0.2, -0.15) is 0 Å². The summed E-state index contributed by atoms with van der Waals surface area (Å²) >= 11 is 1.50. The van der Waals surface area contributed by atoms with E-state index in [1.807, 2.05) is 24.4 Å². The van der Waals surface area contributed by atoms with Crippen LogP contribution in [-0.4, -0.2) is 43.1 Å². The highest BCUT2D eigenvalue weighted by molar-refractivity contribution is 7.10. The number of carbonyl (C=O) groups is 3. The van der Waals surface area contributed by atoms with Gasteiger partial charge in [0.15, 0.2) is 11.5 Å². The number of anilines is 1. The van der Waals surface area contributed by atoms with E-state index < -0.39 is 35.3 Å². The van der Waals surface area contributed by atoms with Crippen molar-refractivity contribution in [2.45, 2.75) is 38.3 Å². The van der Waals surface area contributed by atoms with Gasteiger partial charge in [0.05, 0.1) is 30.2 Å². The number of esters is 1. The van der Waals surface area contributed by atoms with E-state index in [2.05, 4.69) is 5.32 Å². The smallest absolute Gasteiger partial charge is 0.327 e. The lowest BCUT2D eigenvalue weighted by Gasteiger charge is -2.32. The third-order valence-corrected chi connectivity index (χ3v) is 7.53. The first kappa shape index (κ1) is 21.9. The second-order valence-corrected chi connectivity index (χ2v) is 9.40. The fourth-order valence-corrected chi connectivity index (χ4v) is 6.14. The van der Waals surface area contributed by atoms with Gasteiger partial charge in [-0.15, -0.1) is 11.3 Å². The second-order valence-electron chi connectivity index (χ2n) is 8.42. The Morgan fingerprint density at radius 3 is 2.67 bits per heavy atom. The third kappa shape index (κ3) is 3.33. The summed E-state index contributed by atoms with van der Waals surface area (Å²) in [6.45, 7) is 4.74. The molecule has 4 atom stereocenters. The van der Waals surface area contributed by atoms with Gasteiger partial charge in [-0.25, -0.2) is 4.90 Å². The number of benzene rings is 1. The summed E-state index contributed by atoms with van der Waals surface area (Å²) in [4.78, 5) is 43.1. The van der Waals surface area contributed by atoms with Crippen LogP contribution in [-0.2, 0) is 19.1 Å². The van der Waals surface area contributed by atoms with Crippen LogP contribution in [0, 0.1) is 11.8 Å². The fourth-order valence-electron chi connectivity index (χ4n) is 5.31. The van der Waals surface area contributed by atoms with Crippen LogP contribution < -0.4 is 19.7 Å². The molecule has 0 bridgehead atoms. The first-order chi connectivity index (χ1) is 16.0. The standard InChI is InChI=1S/C24H26N2O6S/c1-3-9-24(23(29)30-4-2)19-18(20(25-24)17-6-5-12-33-17)21(27)26(22(19)28)14-7-8-15-16(13-14)32-11-10-31-15/h5-8,12-13,18-20,25H,3-4,9-11H2,1-2H3/t18-,19+,20-,24-/m0/s1. The Balaban J connectivity index is 1.60. The summed E-state index contributed by atoms with van der Waals surface area (Å²) < 4.78 is 16.7. The van der Waals surface area contributed by atoms with Crippen molar-refractivity contribution in [1.29, 1.82) is 0 Å². The number of fused-ring (bicyclic) bond motifs is 2. The SMILES string of the molecule is CCC[C@]1(C(=O)OCC)N[C@@H](c2cccs2)[C@H]2C(=O)N(c3ccc4c(c3)OCCO4)C(=O)[C@@H]21. The van der Waals surface area contributed by atoms with Crippen molar-refractivity contribution < 1.29 is 28.6 Å². The molecule has 1 aromatic heterocycles. The highest BCUT2D eigenvalue weighted by Gasteiger charge is 2.68. The van der Waals surface area contributed by atoms with Crippen molar-refractivity contribution in [2.24, 2.45) is 11.8 Å². The zero-order valence-corrected chi connectivity index (χ0v) is 19.4. The molecule has 0 radical (unpaired) electrons. The maximum absolute atomic E-state index is 13.9. The topological polar surface area (TPSA) is 94.2 Å². The first-order valence-corrected chi connectivity index (χ1v) is 12.2. The minimum Gasteiger partial charge on any atom is -0.486 e. The summed E-state index contributed by atoms with van der Waals surface area (Å²) in [5, 5.41) is 5.33. The van der Waals surface area contributed by atoms with Crippen molar-refractivity contribution in [3.63, 3.8) is 0 Å². The Morgan fingerprint density at radius 1 is 1.18 bits per heavy atom. The van der Waals surface area contributed by atoms with E-state index in [4.69, 9.17) is 14.2 Å². The number of thiophene rings is 1. The Labute approximate surface area is 195 Å². The molecule has 5 rings (SSSR count). The second kappa shape index (κ2) is 8.46. The normalized spacial score (nSPS) is 28.2. The molecular weight excluding hydrogens is 444 g/mol. The van der Waals surface area contributed by atoms with Gasteiger partial charge in [-0.1, -0.05) is 19.4 Å². The molecule has 2 amide bonds. The molecule has 9 heteroatoms. The molecule has 3 aliphatic heterocycles. The Morgan fingerprint density at radius 2 is 1.97 bits per heavy atom. The molecule has 3 aliphatic rings. The minimum absolute atomic E-state index is 0.195. The molecule has 0 unspecified atom stereocenters. The summed E-state index contributed by atoms with van der Waals surface area (Å²) in [5.41, 5.74) is -0.845. The fraction of sp³-hybridized carbons (Fsp3) is 0.458. The largest absolute Gasteiger partial charge is 0.486 e. The summed E-state index contributed by atoms with van der Waals surface area (Å²) in [6.07, 6.45) is 1.04. The monoisotopic (exact) mass is 470 g/mol. The van der Waals surface area contributed by atoms with Gasteiger partial charge in [0, 0.05) is 10.9 Å². The van der Waals surface area contributed by atoms with E-state index in [1.165, 1.54) is 16.2 Å². The van der Waals surface area contributed by atoms with E-state index in [-0.39, 0.29) is 12.5 Å². The molecule has 1 aromatic carbocycles. The molecule has 0 aliphatic carbocycles. The molecule has 1 N–H and O–H groups in total. The van der Waals surface area contributed by atoms with E-state index in [0.717, 1.165) is 4.88 Å². The van der Waals surface area contributed by atoms with E-state index in [0.29, 0.717) is 43.2 Å². The molecule has 0 spiro atoms. The van der Waals surface area contributed by atoms with Crippen molar-refractivity contribution in [1.82, 2.24) is 5.32 Å². The lowest BCUT2D eigenvalue weighted by Crippen LogP contribution is -2.56. The number of imide groups is 1. The average molecular weight is 471 g/mol. The van der Waals surface area contributed by atoms with Gasteiger partial charge in [-0.3, -0.25) is 19.7 Å². The molecular formula is C24H26N2O6S. The highest BCUT2D eigenvalue weighted by atomic mass is 32.1. The predicted octanol–water partition coefficient (Wildman–Crippen LogP) is 3.07. The zero-order chi connectivity index (χ0) is 23.2. The van der Waals surface area contributed by atoms with Gasteiger partial charge in [-0.05, 0) is 36.9 Å². The molecule has 4 heterocycles. The van der Waals surface area contributed by atoms with E-state index in [9.17, 15) is 14.4 Å². The number of carbonyl (C=O) groups excluding carboxylic acids is 3. The van der Waals surface area contributed by atoms with Crippen LogP contribution in [0.3, 0.4) is 0 Å². The molecule has 33 heavy (non-hydrogen) atoms. The van der Waals surface area contributed by atoms with Crippen LogP contribution in [0.5, 0.6) is 11.5 Å². The molecule has 0 saturated carbocycles. The minimum atomic E-state index is -1.26. The average Bonchev–Trinajstić information content (AvgIpc) is 3.51. The third-order valence-electron chi connectivity index (χ3n) is 6.57. The lowest BCUT2D eigenvalue weighted by molar-refractivity contribution is -0.155. The van der Waals surface area contributed by atoms with Crippen LogP contribution in [0.15, 0.2) is 35.7 Å². The molecule has 2 fully saturated rings. The first-order valence-electron chi connectivity index (χ1n) is 11.3. The van der Waals surface area contributed by atoms with Gasteiger partial charge in [0.1, 0.15) is 18.8 Å². The van der Waals surface area contributed by atoms with Crippen molar-refractivity contribution in [3.8, 4) is 11.5 Å². The maximum atomic E-state index is 13.9. The Bertz CT molecular complexity index is 1090. The van der Waals surface area contributed by atoms with Crippen molar-refractivity contribution in [3.05, 3.63) is 40.6 Å². The predicted molar refractivity (Wildman–Crippen MR) is 121 cm³/mol. The molecule has 174 valence electrons.